The lowest BCUT2D eigenvalue weighted by Gasteiger charge is -2.18. The van der Waals surface area contributed by atoms with Crippen LogP contribution in [-0.4, -0.2) is 64.8 Å². The van der Waals surface area contributed by atoms with Gasteiger partial charge in [-0.15, -0.1) is 0 Å². The fourth-order valence-corrected chi connectivity index (χ4v) is 6.58. The van der Waals surface area contributed by atoms with Crippen LogP contribution in [-0.2, 0) is 20.9 Å². The zero-order valence-electron chi connectivity index (χ0n) is 29.7. The van der Waals surface area contributed by atoms with Crippen LogP contribution in [0.3, 0.4) is 0 Å². The molecule has 0 aromatic heterocycles. The molecular formula is C42H34N2O11. The summed E-state index contributed by atoms with van der Waals surface area (Å²) in [6, 6.07) is 22.0. The van der Waals surface area contributed by atoms with Crippen LogP contribution in [0.15, 0.2) is 97.1 Å². The van der Waals surface area contributed by atoms with Crippen LogP contribution in [0.5, 0.6) is 5.75 Å². The molecule has 0 saturated heterocycles. The summed E-state index contributed by atoms with van der Waals surface area (Å²) in [5.41, 5.74) is 0.186. The number of hydrogen-bond acceptors (Lipinski definition) is 11. The number of benzene rings is 4. The van der Waals surface area contributed by atoms with Gasteiger partial charge in [0.1, 0.15) is 24.2 Å². The summed E-state index contributed by atoms with van der Waals surface area (Å²) in [5, 5.41) is 4.84. The number of Topliss-reactive ketones (excluding diaryl/α,β-unsaturated/α-hetero) is 6. The SMILES string of the molecule is CC[C@H](NC(=O)OCc1ccccc1)C(=O)C1C(=O)c2ccc(C(=O)c3ccc4c(c3)C(=O)C(C(=O)[C@H](CC)NC(=O)Oc3ccccc3)C4=O)cc2C1=O. The van der Waals surface area contributed by atoms with Crippen LogP contribution >= 0.6 is 0 Å². The van der Waals surface area contributed by atoms with Crippen molar-refractivity contribution >= 4 is 52.7 Å². The smallest absolute Gasteiger partial charge is 0.413 e. The molecule has 0 radical (unpaired) electrons. The maximum absolute atomic E-state index is 13.7. The number of carbonyl (C=O) groups excluding carboxylic acids is 9. The van der Waals surface area contributed by atoms with Gasteiger partial charge in [-0.1, -0.05) is 74.5 Å². The molecule has 6 rings (SSSR count). The molecule has 0 aliphatic heterocycles. The van der Waals surface area contributed by atoms with E-state index in [4.69, 9.17) is 9.47 Å². The molecule has 2 unspecified atom stereocenters. The molecule has 2 aliphatic carbocycles. The summed E-state index contributed by atoms with van der Waals surface area (Å²) < 4.78 is 10.4. The fraction of sp³-hybridized carbons (Fsp3) is 0.214. The first-order valence-electron chi connectivity index (χ1n) is 17.5. The van der Waals surface area contributed by atoms with E-state index in [-0.39, 0.29) is 58.6 Å². The van der Waals surface area contributed by atoms with Gasteiger partial charge in [-0.2, -0.15) is 0 Å². The quantitative estimate of drug-likeness (QED) is 0.133. The Morgan fingerprint density at radius 2 is 1.00 bits per heavy atom. The number of hydrogen-bond donors (Lipinski definition) is 2. The van der Waals surface area contributed by atoms with E-state index in [9.17, 15) is 43.2 Å². The third-order valence-electron chi connectivity index (χ3n) is 9.50. The first-order chi connectivity index (χ1) is 26.4. The lowest BCUT2D eigenvalue weighted by Crippen LogP contribution is -2.46. The zero-order chi connectivity index (χ0) is 39.4. The Kier molecular flexibility index (Phi) is 11.0. The van der Waals surface area contributed by atoms with Crippen LogP contribution in [0.1, 0.15) is 89.6 Å². The van der Waals surface area contributed by atoms with Crippen molar-refractivity contribution in [3.05, 3.63) is 136 Å². The van der Waals surface area contributed by atoms with Crippen molar-refractivity contribution in [3.8, 4) is 5.75 Å². The van der Waals surface area contributed by atoms with E-state index < -0.39 is 76.6 Å². The first kappa shape index (κ1) is 37.9. The number of ketones is 7. The number of nitrogens with one attached hydrogen (secondary N) is 2. The molecule has 4 aromatic carbocycles. The number of fused-ring (bicyclic) bond motifs is 2. The monoisotopic (exact) mass is 742 g/mol. The topological polar surface area (TPSA) is 196 Å². The Morgan fingerprint density at radius 3 is 1.47 bits per heavy atom. The summed E-state index contributed by atoms with van der Waals surface area (Å²) in [6.07, 6.45) is -1.72. The number of alkyl carbamates (subject to hydrolysis) is 1. The summed E-state index contributed by atoms with van der Waals surface area (Å²) in [5.74, 6) is -8.79. The second kappa shape index (κ2) is 16.0. The molecule has 278 valence electrons. The molecule has 4 aromatic rings. The standard InChI is InChI=1S/C42H34N2O11/c1-3-30(43-41(52)54-21-22-11-7-5-8-12-22)39(50)32-35(46)26-17-15-23(19-28(26)37(32)48)34(45)24-16-18-27-29(20-24)38(49)33(36(27)47)40(51)31(4-2)44-42(53)55-25-13-9-6-10-14-25/h5-20,30-33H,3-4,21H2,1-2H3,(H,43,52)(H,44,53)/t30-,31-,32?,33?/m0/s1. The van der Waals surface area contributed by atoms with E-state index in [1.165, 1.54) is 48.5 Å². The molecule has 0 spiro atoms. The predicted octanol–water partition coefficient (Wildman–Crippen LogP) is 5.32. The van der Waals surface area contributed by atoms with Crippen molar-refractivity contribution in [1.29, 1.82) is 0 Å². The van der Waals surface area contributed by atoms with Crippen molar-refractivity contribution < 1.29 is 52.6 Å². The van der Waals surface area contributed by atoms with Crippen molar-refractivity contribution in [1.82, 2.24) is 10.6 Å². The minimum Gasteiger partial charge on any atom is -0.445 e. The third-order valence-corrected chi connectivity index (χ3v) is 9.50. The Morgan fingerprint density at radius 1 is 0.564 bits per heavy atom. The second-order valence-corrected chi connectivity index (χ2v) is 13.0. The normalized spacial score (nSPS) is 16.8. The number of amides is 2. The molecule has 0 bridgehead atoms. The molecule has 0 fully saturated rings. The van der Waals surface area contributed by atoms with Gasteiger partial charge in [0.05, 0.1) is 12.1 Å². The van der Waals surface area contributed by atoms with E-state index in [1.54, 1.807) is 62.4 Å². The number of ether oxygens (including phenoxy) is 2. The molecule has 0 heterocycles. The van der Waals surface area contributed by atoms with E-state index in [0.717, 1.165) is 5.56 Å². The molecule has 55 heavy (non-hydrogen) atoms. The summed E-state index contributed by atoms with van der Waals surface area (Å²) in [6.45, 7) is 3.14. The molecule has 2 N–H and O–H groups in total. The molecule has 13 nitrogen and oxygen atoms in total. The Bertz CT molecular complexity index is 2270. The van der Waals surface area contributed by atoms with Gasteiger partial charge in [-0.25, -0.2) is 9.59 Å². The van der Waals surface area contributed by atoms with Gasteiger partial charge in [-0.3, -0.25) is 33.6 Å². The predicted molar refractivity (Wildman–Crippen MR) is 194 cm³/mol. The van der Waals surface area contributed by atoms with E-state index >= 15 is 0 Å². The van der Waals surface area contributed by atoms with E-state index in [1.807, 2.05) is 0 Å². The van der Waals surface area contributed by atoms with Gasteiger partial charge in [-0.05, 0) is 54.8 Å². The van der Waals surface area contributed by atoms with Crippen molar-refractivity contribution in [2.45, 2.75) is 45.4 Å². The Labute approximate surface area is 314 Å². The van der Waals surface area contributed by atoms with Gasteiger partial charge >= 0.3 is 12.2 Å². The maximum atomic E-state index is 13.7. The molecule has 2 amide bonds. The molecule has 0 saturated carbocycles. The molecular weight excluding hydrogens is 708 g/mol. The van der Waals surface area contributed by atoms with Crippen LogP contribution < -0.4 is 15.4 Å². The van der Waals surface area contributed by atoms with Crippen LogP contribution in [0.2, 0.25) is 0 Å². The third kappa shape index (κ3) is 7.63. The van der Waals surface area contributed by atoms with Gasteiger partial charge < -0.3 is 20.1 Å². The molecule has 4 atom stereocenters. The lowest BCUT2D eigenvalue weighted by atomic mass is 9.92. The Hall–Kier alpha value is -6.89. The number of para-hydroxylation sites is 1. The average molecular weight is 743 g/mol. The highest BCUT2D eigenvalue weighted by atomic mass is 16.6. The number of carbonyl (C=O) groups is 9. The Balaban J connectivity index is 1.14. The molecule has 13 heteroatoms. The van der Waals surface area contributed by atoms with E-state index in [2.05, 4.69) is 10.6 Å². The van der Waals surface area contributed by atoms with Gasteiger partial charge in [0.25, 0.3) is 0 Å². The number of rotatable bonds is 13. The zero-order valence-corrected chi connectivity index (χ0v) is 29.7. The van der Waals surface area contributed by atoms with Crippen molar-refractivity contribution in [2.75, 3.05) is 0 Å². The molecule has 2 aliphatic rings. The summed E-state index contributed by atoms with van der Waals surface area (Å²) in [7, 11) is 0. The summed E-state index contributed by atoms with van der Waals surface area (Å²) >= 11 is 0. The summed E-state index contributed by atoms with van der Waals surface area (Å²) in [4.78, 5) is 119. The average Bonchev–Trinajstić information content (AvgIpc) is 3.60. The highest BCUT2D eigenvalue weighted by molar-refractivity contribution is 6.38. The largest absolute Gasteiger partial charge is 0.445 e. The fourth-order valence-electron chi connectivity index (χ4n) is 6.58. The lowest BCUT2D eigenvalue weighted by molar-refractivity contribution is -0.123. The minimum atomic E-state index is -1.74. The van der Waals surface area contributed by atoms with Crippen LogP contribution in [0.4, 0.5) is 9.59 Å². The van der Waals surface area contributed by atoms with E-state index in [0.29, 0.717) is 0 Å². The highest BCUT2D eigenvalue weighted by Gasteiger charge is 2.47. The maximum Gasteiger partial charge on any atom is 0.413 e. The van der Waals surface area contributed by atoms with Gasteiger partial charge in [0.15, 0.2) is 40.5 Å². The van der Waals surface area contributed by atoms with Crippen LogP contribution in [0, 0.1) is 11.8 Å². The van der Waals surface area contributed by atoms with Crippen LogP contribution in [0.25, 0.3) is 0 Å². The van der Waals surface area contributed by atoms with Crippen molar-refractivity contribution in [3.63, 3.8) is 0 Å². The van der Waals surface area contributed by atoms with Crippen molar-refractivity contribution in [2.24, 2.45) is 11.8 Å². The minimum absolute atomic E-state index is 0.0424. The van der Waals surface area contributed by atoms with Gasteiger partial charge in [0, 0.05) is 33.4 Å². The first-order valence-corrected chi connectivity index (χ1v) is 17.5. The highest BCUT2D eigenvalue weighted by Crippen LogP contribution is 2.33. The second-order valence-electron chi connectivity index (χ2n) is 13.0. The van der Waals surface area contributed by atoms with Gasteiger partial charge in [0.2, 0.25) is 0 Å².